The van der Waals surface area contributed by atoms with Gasteiger partial charge in [0.15, 0.2) is 0 Å². The summed E-state index contributed by atoms with van der Waals surface area (Å²) in [5.74, 6) is 5.67. The molecule has 1 amide bonds. The fourth-order valence-corrected chi connectivity index (χ4v) is 2.51. The predicted molar refractivity (Wildman–Crippen MR) is 79.9 cm³/mol. The number of carbonyl (C=O) groups excluding carboxylic acids is 1. The first-order chi connectivity index (χ1) is 9.58. The van der Waals surface area contributed by atoms with E-state index < -0.39 is 0 Å². The number of pyridine rings is 1. The van der Waals surface area contributed by atoms with Crippen LogP contribution in [0.15, 0.2) is 24.3 Å². The number of nitrogens with zero attached hydrogens (tertiary/aromatic N) is 1. The van der Waals surface area contributed by atoms with Gasteiger partial charge in [-0.3, -0.25) is 4.79 Å². The first-order valence-electron chi connectivity index (χ1n) is 6.04. The molecule has 0 aliphatic heterocycles. The smallest absolute Gasteiger partial charge is 0.266 e. The van der Waals surface area contributed by atoms with Crippen molar-refractivity contribution < 1.29 is 9.90 Å². The standard InChI is InChI=1S/C15H14N2O2S/c1-10-8-11(2)16-14(9-10)17-15(19)13-6-5-12(20-13)4-3-7-18/h5-6,8-9,18H,7H2,1-2H3,(H,16,17,19). The second-order valence-electron chi connectivity index (χ2n) is 4.25. The van der Waals surface area contributed by atoms with Gasteiger partial charge < -0.3 is 10.4 Å². The number of aliphatic hydroxyl groups excluding tert-OH is 1. The highest BCUT2D eigenvalue weighted by atomic mass is 32.1. The molecule has 0 radical (unpaired) electrons. The van der Waals surface area contributed by atoms with E-state index in [0.717, 1.165) is 16.1 Å². The second-order valence-corrected chi connectivity index (χ2v) is 5.33. The molecule has 0 atom stereocenters. The lowest BCUT2D eigenvalue weighted by Crippen LogP contribution is -2.11. The van der Waals surface area contributed by atoms with Crippen LogP contribution in [0.3, 0.4) is 0 Å². The zero-order valence-corrected chi connectivity index (χ0v) is 12.0. The number of amides is 1. The molecule has 102 valence electrons. The van der Waals surface area contributed by atoms with E-state index in [1.165, 1.54) is 11.3 Å². The van der Waals surface area contributed by atoms with E-state index in [-0.39, 0.29) is 12.5 Å². The molecular weight excluding hydrogens is 272 g/mol. The third-order valence-electron chi connectivity index (χ3n) is 2.46. The number of aromatic nitrogens is 1. The third-order valence-corrected chi connectivity index (χ3v) is 3.46. The Labute approximate surface area is 121 Å². The zero-order valence-electron chi connectivity index (χ0n) is 11.2. The first kappa shape index (κ1) is 14.3. The molecule has 2 aromatic heterocycles. The first-order valence-corrected chi connectivity index (χ1v) is 6.86. The van der Waals surface area contributed by atoms with Crippen LogP contribution in [0.5, 0.6) is 0 Å². The Bertz CT molecular complexity index is 675. The molecule has 0 saturated carbocycles. The van der Waals surface area contributed by atoms with Crippen LogP contribution in [0.2, 0.25) is 0 Å². The van der Waals surface area contributed by atoms with Crippen LogP contribution < -0.4 is 5.32 Å². The highest BCUT2D eigenvalue weighted by Gasteiger charge is 2.10. The Hall–Kier alpha value is -2.16. The molecule has 0 saturated heterocycles. The van der Waals surface area contributed by atoms with E-state index in [4.69, 9.17) is 5.11 Å². The number of thiophene rings is 1. The average Bonchev–Trinajstić information content (AvgIpc) is 2.83. The summed E-state index contributed by atoms with van der Waals surface area (Å²) in [6.45, 7) is 3.65. The number of hydrogen-bond acceptors (Lipinski definition) is 4. The lowest BCUT2D eigenvalue weighted by atomic mass is 10.2. The van der Waals surface area contributed by atoms with Crippen molar-refractivity contribution in [1.82, 2.24) is 4.98 Å². The molecule has 2 rings (SSSR count). The second kappa shape index (κ2) is 6.33. The van der Waals surface area contributed by atoms with E-state index in [2.05, 4.69) is 22.1 Å². The molecule has 0 unspecified atom stereocenters. The van der Waals surface area contributed by atoms with Crippen molar-refractivity contribution in [2.45, 2.75) is 13.8 Å². The van der Waals surface area contributed by atoms with Gasteiger partial charge in [0, 0.05) is 5.69 Å². The van der Waals surface area contributed by atoms with Gasteiger partial charge in [-0.1, -0.05) is 11.8 Å². The molecule has 4 nitrogen and oxygen atoms in total. The summed E-state index contributed by atoms with van der Waals surface area (Å²) in [4.78, 5) is 17.7. The lowest BCUT2D eigenvalue weighted by Gasteiger charge is -2.05. The number of nitrogens with one attached hydrogen (secondary N) is 1. The van der Waals surface area contributed by atoms with Gasteiger partial charge in [-0.05, 0) is 43.7 Å². The maximum Gasteiger partial charge on any atom is 0.266 e. The molecule has 20 heavy (non-hydrogen) atoms. The minimum absolute atomic E-state index is 0.189. The van der Waals surface area contributed by atoms with Gasteiger partial charge in [0.1, 0.15) is 12.4 Å². The molecular formula is C15H14N2O2S. The number of carbonyl (C=O) groups is 1. The minimum atomic E-state index is -0.204. The summed E-state index contributed by atoms with van der Waals surface area (Å²) in [7, 11) is 0. The van der Waals surface area contributed by atoms with Crippen molar-refractivity contribution >= 4 is 23.1 Å². The minimum Gasteiger partial charge on any atom is -0.384 e. The summed E-state index contributed by atoms with van der Waals surface area (Å²) in [5.41, 5.74) is 1.91. The van der Waals surface area contributed by atoms with Crippen molar-refractivity contribution in [3.8, 4) is 11.8 Å². The molecule has 2 aromatic rings. The fourth-order valence-electron chi connectivity index (χ4n) is 1.74. The average molecular weight is 286 g/mol. The van der Waals surface area contributed by atoms with Crippen LogP contribution in [0.4, 0.5) is 5.82 Å². The van der Waals surface area contributed by atoms with Crippen LogP contribution in [-0.4, -0.2) is 22.6 Å². The maximum absolute atomic E-state index is 12.1. The molecule has 5 heteroatoms. The Morgan fingerprint density at radius 2 is 2.20 bits per heavy atom. The van der Waals surface area contributed by atoms with Crippen molar-refractivity contribution in [3.05, 3.63) is 45.3 Å². The van der Waals surface area contributed by atoms with Crippen molar-refractivity contribution in [3.63, 3.8) is 0 Å². The third kappa shape index (κ3) is 3.67. The highest BCUT2D eigenvalue weighted by Crippen LogP contribution is 2.17. The summed E-state index contributed by atoms with van der Waals surface area (Å²) in [6.07, 6.45) is 0. The summed E-state index contributed by atoms with van der Waals surface area (Å²) < 4.78 is 0. The van der Waals surface area contributed by atoms with E-state index in [9.17, 15) is 4.79 Å². The van der Waals surface area contributed by atoms with Crippen LogP contribution in [0.1, 0.15) is 25.8 Å². The largest absolute Gasteiger partial charge is 0.384 e. The van der Waals surface area contributed by atoms with Gasteiger partial charge in [-0.15, -0.1) is 11.3 Å². The van der Waals surface area contributed by atoms with Crippen LogP contribution in [0.25, 0.3) is 0 Å². The number of rotatable bonds is 2. The van der Waals surface area contributed by atoms with Crippen LogP contribution in [0, 0.1) is 25.7 Å². The van der Waals surface area contributed by atoms with E-state index in [1.807, 2.05) is 26.0 Å². The van der Waals surface area contributed by atoms with Gasteiger partial charge in [-0.25, -0.2) is 4.98 Å². The Morgan fingerprint density at radius 3 is 2.90 bits per heavy atom. The molecule has 0 aliphatic carbocycles. The fraction of sp³-hybridized carbons (Fsp3) is 0.200. The van der Waals surface area contributed by atoms with Crippen molar-refractivity contribution in [2.75, 3.05) is 11.9 Å². The highest BCUT2D eigenvalue weighted by molar-refractivity contribution is 7.14. The monoisotopic (exact) mass is 286 g/mol. The molecule has 0 aromatic carbocycles. The Kier molecular flexibility index (Phi) is 4.51. The maximum atomic E-state index is 12.1. The van der Waals surface area contributed by atoms with Gasteiger partial charge in [0.25, 0.3) is 5.91 Å². The van der Waals surface area contributed by atoms with Gasteiger partial charge in [-0.2, -0.15) is 0 Å². The Morgan fingerprint density at radius 1 is 1.40 bits per heavy atom. The number of aryl methyl sites for hydroxylation is 2. The van der Waals surface area contributed by atoms with Gasteiger partial charge >= 0.3 is 0 Å². The van der Waals surface area contributed by atoms with Crippen molar-refractivity contribution in [2.24, 2.45) is 0 Å². The van der Waals surface area contributed by atoms with Gasteiger partial charge in [0.2, 0.25) is 0 Å². The quantitative estimate of drug-likeness (QED) is 0.833. The number of anilines is 1. The number of aliphatic hydroxyl groups is 1. The molecule has 0 spiro atoms. The van der Waals surface area contributed by atoms with Crippen LogP contribution >= 0.6 is 11.3 Å². The zero-order chi connectivity index (χ0) is 14.5. The predicted octanol–water partition coefficient (Wildman–Crippen LogP) is 2.36. The molecule has 0 fully saturated rings. The summed E-state index contributed by atoms with van der Waals surface area (Å²) in [5, 5.41) is 11.4. The van der Waals surface area contributed by atoms with Crippen molar-refractivity contribution in [1.29, 1.82) is 0 Å². The van der Waals surface area contributed by atoms with Gasteiger partial charge in [0.05, 0.1) is 9.75 Å². The van der Waals surface area contributed by atoms with Crippen LogP contribution in [-0.2, 0) is 0 Å². The molecule has 2 heterocycles. The Balaban J connectivity index is 2.13. The molecule has 0 bridgehead atoms. The van der Waals surface area contributed by atoms with E-state index in [1.54, 1.807) is 12.1 Å². The summed E-state index contributed by atoms with van der Waals surface area (Å²) in [6, 6.07) is 7.25. The SMILES string of the molecule is Cc1cc(C)nc(NC(=O)c2ccc(C#CCO)s2)c1. The topological polar surface area (TPSA) is 62.2 Å². The summed E-state index contributed by atoms with van der Waals surface area (Å²) >= 11 is 1.28. The molecule has 2 N–H and O–H groups in total. The number of hydrogen-bond donors (Lipinski definition) is 2. The normalized spacial score (nSPS) is 9.75. The van der Waals surface area contributed by atoms with E-state index >= 15 is 0 Å². The molecule has 0 aliphatic rings. The lowest BCUT2D eigenvalue weighted by molar-refractivity contribution is 0.103. The van der Waals surface area contributed by atoms with E-state index in [0.29, 0.717) is 10.7 Å².